The normalized spacial score (nSPS) is 10.9. The minimum Gasteiger partial charge on any atom is -0.338 e. The number of rotatable bonds is 5. The Balaban J connectivity index is 1.51. The predicted molar refractivity (Wildman–Crippen MR) is 110 cm³/mol. The number of H-pyrrole nitrogens is 1. The van der Waals surface area contributed by atoms with Crippen molar-refractivity contribution in [2.24, 2.45) is 0 Å². The van der Waals surface area contributed by atoms with Crippen molar-refractivity contribution in [3.8, 4) is 11.4 Å². The molecule has 0 aliphatic heterocycles. The lowest BCUT2D eigenvalue weighted by Gasteiger charge is -2.09. The summed E-state index contributed by atoms with van der Waals surface area (Å²) in [5.74, 6) is 0.972. The van der Waals surface area contributed by atoms with Gasteiger partial charge in [-0.15, -0.1) is 0 Å². The Bertz CT molecular complexity index is 1070. The van der Waals surface area contributed by atoms with Gasteiger partial charge in [-0.1, -0.05) is 42.1 Å². The molecule has 0 fully saturated rings. The number of carbonyl (C=O) groups is 1. The summed E-state index contributed by atoms with van der Waals surface area (Å²) < 4.78 is 0. The first kappa shape index (κ1) is 17.3. The van der Waals surface area contributed by atoms with E-state index in [1.54, 1.807) is 6.20 Å². The molecule has 4 aromatic rings. The summed E-state index contributed by atoms with van der Waals surface area (Å²) in [6.07, 6.45) is 1.73. The molecule has 6 heteroatoms. The number of aromatic nitrogens is 3. The van der Waals surface area contributed by atoms with Gasteiger partial charge in [-0.05, 0) is 42.8 Å². The van der Waals surface area contributed by atoms with Crippen LogP contribution >= 0.6 is 11.8 Å². The predicted octanol–water partition coefficient (Wildman–Crippen LogP) is 4.66. The Morgan fingerprint density at radius 2 is 1.89 bits per heavy atom. The molecular formula is C21H18N4OS. The number of aromatic amines is 1. The van der Waals surface area contributed by atoms with Gasteiger partial charge in [0, 0.05) is 17.4 Å². The van der Waals surface area contributed by atoms with Gasteiger partial charge < -0.3 is 10.3 Å². The van der Waals surface area contributed by atoms with E-state index in [0.29, 0.717) is 0 Å². The van der Waals surface area contributed by atoms with Crippen LogP contribution in [0.1, 0.15) is 5.56 Å². The Hall–Kier alpha value is -3.12. The van der Waals surface area contributed by atoms with E-state index >= 15 is 0 Å². The van der Waals surface area contributed by atoms with E-state index in [9.17, 15) is 4.79 Å². The van der Waals surface area contributed by atoms with Crippen LogP contribution in [0.3, 0.4) is 0 Å². The zero-order chi connectivity index (χ0) is 18.6. The van der Waals surface area contributed by atoms with Crippen molar-refractivity contribution in [3.05, 3.63) is 72.4 Å². The van der Waals surface area contributed by atoms with Gasteiger partial charge in [-0.3, -0.25) is 4.79 Å². The van der Waals surface area contributed by atoms with Gasteiger partial charge in [-0.25, -0.2) is 9.97 Å². The van der Waals surface area contributed by atoms with Crippen LogP contribution in [0.5, 0.6) is 0 Å². The van der Waals surface area contributed by atoms with Gasteiger partial charge in [-0.2, -0.15) is 0 Å². The molecule has 4 rings (SSSR count). The van der Waals surface area contributed by atoms with Gasteiger partial charge in [0.1, 0.15) is 10.9 Å². The summed E-state index contributed by atoms with van der Waals surface area (Å²) in [7, 11) is 0. The van der Waals surface area contributed by atoms with E-state index in [-0.39, 0.29) is 11.7 Å². The smallest absolute Gasteiger partial charge is 0.234 e. The highest BCUT2D eigenvalue weighted by Gasteiger charge is 2.13. The standard InChI is InChI=1S/C21H18N4OS/c1-14-7-2-3-9-16(14)23-19(26)13-27-21-15(8-6-12-22-21)20-24-17-10-4-5-11-18(17)25-20/h2-12H,13H2,1H3,(H,23,26)(H,24,25). The number of hydrogen-bond donors (Lipinski definition) is 2. The monoisotopic (exact) mass is 374 g/mol. The number of para-hydroxylation sites is 3. The molecule has 0 saturated heterocycles. The average molecular weight is 374 g/mol. The Morgan fingerprint density at radius 3 is 2.74 bits per heavy atom. The van der Waals surface area contributed by atoms with Gasteiger partial charge >= 0.3 is 0 Å². The number of aryl methyl sites for hydroxylation is 1. The summed E-state index contributed by atoms with van der Waals surface area (Å²) >= 11 is 1.40. The zero-order valence-corrected chi connectivity index (χ0v) is 15.6. The highest BCUT2D eigenvalue weighted by Crippen LogP contribution is 2.29. The molecule has 0 aliphatic rings. The summed E-state index contributed by atoms with van der Waals surface area (Å²) in [6.45, 7) is 1.97. The van der Waals surface area contributed by atoms with E-state index in [1.165, 1.54) is 11.8 Å². The quantitative estimate of drug-likeness (QED) is 0.498. The lowest BCUT2D eigenvalue weighted by molar-refractivity contribution is -0.113. The molecule has 0 spiro atoms. The third-order valence-electron chi connectivity index (χ3n) is 4.17. The molecule has 5 nitrogen and oxygen atoms in total. The number of pyridine rings is 1. The van der Waals surface area contributed by atoms with Crippen molar-refractivity contribution in [2.75, 3.05) is 11.1 Å². The Morgan fingerprint density at radius 1 is 1.07 bits per heavy atom. The molecule has 0 saturated carbocycles. The number of nitrogens with one attached hydrogen (secondary N) is 2. The number of fused-ring (bicyclic) bond motifs is 1. The third-order valence-corrected chi connectivity index (χ3v) is 5.18. The maximum absolute atomic E-state index is 12.3. The SMILES string of the molecule is Cc1ccccc1NC(=O)CSc1ncccc1-c1nc2ccccc2[nH]1. The summed E-state index contributed by atoms with van der Waals surface area (Å²) in [4.78, 5) is 24.8. The van der Waals surface area contributed by atoms with E-state index in [4.69, 9.17) is 0 Å². The van der Waals surface area contributed by atoms with Crippen molar-refractivity contribution < 1.29 is 4.79 Å². The molecule has 2 heterocycles. The Kier molecular flexibility index (Phi) is 4.89. The number of nitrogens with zero attached hydrogens (tertiary/aromatic N) is 2. The first-order valence-electron chi connectivity index (χ1n) is 8.59. The topological polar surface area (TPSA) is 70.7 Å². The second kappa shape index (κ2) is 7.63. The van der Waals surface area contributed by atoms with Gasteiger partial charge in [0.05, 0.1) is 16.8 Å². The van der Waals surface area contributed by atoms with E-state index in [0.717, 1.165) is 38.7 Å². The number of hydrogen-bond acceptors (Lipinski definition) is 4. The first-order valence-corrected chi connectivity index (χ1v) is 9.58. The minimum atomic E-state index is -0.0597. The largest absolute Gasteiger partial charge is 0.338 e. The molecular weight excluding hydrogens is 356 g/mol. The van der Waals surface area contributed by atoms with Crippen molar-refractivity contribution in [2.45, 2.75) is 11.9 Å². The van der Waals surface area contributed by atoms with Crippen LogP contribution < -0.4 is 5.32 Å². The summed E-state index contributed by atoms with van der Waals surface area (Å²) in [5.41, 5.74) is 4.65. The van der Waals surface area contributed by atoms with Crippen molar-refractivity contribution in [1.82, 2.24) is 15.0 Å². The van der Waals surface area contributed by atoms with Crippen LogP contribution in [-0.4, -0.2) is 26.6 Å². The number of carbonyl (C=O) groups excluding carboxylic acids is 1. The maximum Gasteiger partial charge on any atom is 0.234 e. The molecule has 1 amide bonds. The molecule has 0 radical (unpaired) electrons. The van der Waals surface area contributed by atoms with E-state index in [1.807, 2.05) is 67.6 Å². The average Bonchev–Trinajstić information content (AvgIpc) is 3.12. The molecule has 0 aliphatic carbocycles. The van der Waals surface area contributed by atoms with Crippen LogP contribution in [-0.2, 0) is 4.79 Å². The molecule has 134 valence electrons. The van der Waals surface area contributed by atoms with E-state index < -0.39 is 0 Å². The van der Waals surface area contributed by atoms with Gasteiger partial charge in [0.2, 0.25) is 5.91 Å². The molecule has 27 heavy (non-hydrogen) atoms. The second-order valence-corrected chi connectivity index (χ2v) is 7.07. The fraction of sp³-hybridized carbons (Fsp3) is 0.0952. The minimum absolute atomic E-state index is 0.0597. The number of benzene rings is 2. The van der Waals surface area contributed by atoms with Crippen LogP contribution in [0.25, 0.3) is 22.4 Å². The van der Waals surface area contributed by atoms with Crippen molar-refractivity contribution in [3.63, 3.8) is 0 Å². The van der Waals surface area contributed by atoms with Crippen molar-refractivity contribution in [1.29, 1.82) is 0 Å². The van der Waals surface area contributed by atoms with Crippen LogP contribution in [0.15, 0.2) is 71.9 Å². The Labute approximate surface area is 161 Å². The van der Waals surface area contributed by atoms with Crippen LogP contribution in [0, 0.1) is 6.92 Å². The molecule has 2 aromatic carbocycles. The molecule has 2 aromatic heterocycles. The second-order valence-electron chi connectivity index (χ2n) is 6.11. The molecule has 0 unspecified atom stereocenters. The zero-order valence-electron chi connectivity index (χ0n) is 14.8. The number of imidazole rings is 1. The lowest BCUT2D eigenvalue weighted by Crippen LogP contribution is -2.15. The molecule has 0 bridgehead atoms. The van der Waals surface area contributed by atoms with Crippen LogP contribution in [0.4, 0.5) is 5.69 Å². The molecule has 0 atom stereocenters. The molecule has 2 N–H and O–H groups in total. The fourth-order valence-corrected chi connectivity index (χ4v) is 3.60. The number of amides is 1. The maximum atomic E-state index is 12.3. The highest BCUT2D eigenvalue weighted by atomic mass is 32.2. The number of thioether (sulfide) groups is 1. The summed E-state index contributed by atoms with van der Waals surface area (Å²) in [5, 5.41) is 3.72. The lowest BCUT2D eigenvalue weighted by atomic mass is 10.2. The van der Waals surface area contributed by atoms with E-state index in [2.05, 4.69) is 20.3 Å². The van der Waals surface area contributed by atoms with Gasteiger partial charge in [0.25, 0.3) is 0 Å². The fourth-order valence-electron chi connectivity index (χ4n) is 2.80. The summed E-state index contributed by atoms with van der Waals surface area (Å²) in [6, 6.07) is 19.5. The number of anilines is 1. The highest BCUT2D eigenvalue weighted by molar-refractivity contribution is 8.00. The van der Waals surface area contributed by atoms with Crippen molar-refractivity contribution >= 4 is 34.4 Å². The first-order chi connectivity index (χ1) is 13.2. The van der Waals surface area contributed by atoms with Gasteiger partial charge in [0.15, 0.2) is 0 Å². The van der Waals surface area contributed by atoms with Crippen LogP contribution in [0.2, 0.25) is 0 Å². The third kappa shape index (κ3) is 3.85.